The normalized spacial score (nSPS) is 19.5. The highest BCUT2D eigenvalue weighted by molar-refractivity contribution is 6.33. The predicted molar refractivity (Wildman–Crippen MR) is 48.3 cm³/mol. The fraction of sp³-hybridized carbons (Fsp3) is 0.222. The van der Waals surface area contributed by atoms with Gasteiger partial charge >= 0.3 is 0 Å². The number of hydrogen-bond acceptors (Lipinski definition) is 2. The van der Waals surface area contributed by atoms with Crippen molar-refractivity contribution in [3.8, 4) is 6.07 Å². The molecule has 3 heteroatoms. The molecule has 0 aromatic heterocycles. The molecule has 1 N–H and O–H groups in total. The smallest absolute Gasteiger partial charge is 0.0905 e. The van der Waals surface area contributed by atoms with Crippen molar-refractivity contribution in [3.05, 3.63) is 28.8 Å². The third-order valence-corrected chi connectivity index (χ3v) is 2.38. The predicted octanol–water partition coefficient (Wildman–Crippen LogP) is 2.37. The third kappa shape index (κ3) is 0.945. The molecular weight excluding hydrogens is 172 g/mol. The highest BCUT2D eigenvalue weighted by Crippen LogP contribution is 2.36. The van der Waals surface area contributed by atoms with Gasteiger partial charge in [0.05, 0.1) is 22.7 Å². The van der Waals surface area contributed by atoms with Gasteiger partial charge in [-0.2, -0.15) is 5.26 Å². The van der Waals surface area contributed by atoms with Crippen LogP contribution in [-0.2, 0) is 0 Å². The summed E-state index contributed by atoms with van der Waals surface area (Å²) >= 11 is 5.92. The Labute approximate surface area is 75.8 Å². The summed E-state index contributed by atoms with van der Waals surface area (Å²) in [5, 5.41) is 12.6. The Kier molecular flexibility index (Phi) is 1.67. The van der Waals surface area contributed by atoms with Gasteiger partial charge in [0.25, 0.3) is 0 Å². The molecule has 1 unspecified atom stereocenters. The first-order valence-electron chi connectivity index (χ1n) is 3.75. The Morgan fingerprint density at radius 3 is 3.17 bits per heavy atom. The standard InChI is InChI=1S/C9H7ClN2/c10-8-3-1-2-7-6(4-11)5-12-9(7)8/h1-3,6,12H,5H2. The van der Waals surface area contributed by atoms with E-state index in [9.17, 15) is 0 Å². The van der Waals surface area contributed by atoms with Gasteiger partial charge < -0.3 is 5.32 Å². The molecule has 0 fully saturated rings. The largest absolute Gasteiger partial charge is 0.382 e. The van der Waals surface area contributed by atoms with Crippen LogP contribution < -0.4 is 5.32 Å². The zero-order valence-electron chi connectivity index (χ0n) is 6.34. The molecule has 0 bridgehead atoms. The number of para-hydroxylation sites is 1. The number of rotatable bonds is 0. The molecule has 1 aromatic rings. The van der Waals surface area contributed by atoms with Crippen LogP contribution in [0.15, 0.2) is 18.2 Å². The number of benzene rings is 1. The van der Waals surface area contributed by atoms with Crippen LogP contribution in [0.4, 0.5) is 5.69 Å². The molecule has 0 amide bonds. The van der Waals surface area contributed by atoms with Crippen LogP contribution in [0.1, 0.15) is 11.5 Å². The lowest BCUT2D eigenvalue weighted by molar-refractivity contribution is 0.963. The van der Waals surface area contributed by atoms with Crippen LogP contribution in [0.25, 0.3) is 0 Å². The zero-order chi connectivity index (χ0) is 8.55. The fourth-order valence-electron chi connectivity index (χ4n) is 1.45. The minimum absolute atomic E-state index is 0.0429. The van der Waals surface area contributed by atoms with Gasteiger partial charge in [-0.1, -0.05) is 23.7 Å². The average molecular weight is 179 g/mol. The second-order valence-electron chi connectivity index (χ2n) is 2.77. The lowest BCUT2D eigenvalue weighted by Gasteiger charge is -2.00. The van der Waals surface area contributed by atoms with E-state index < -0.39 is 0 Å². The molecule has 0 aliphatic carbocycles. The van der Waals surface area contributed by atoms with Crippen LogP contribution in [0.3, 0.4) is 0 Å². The van der Waals surface area contributed by atoms with Gasteiger partial charge in [0.1, 0.15) is 0 Å². The molecule has 0 radical (unpaired) electrons. The van der Waals surface area contributed by atoms with Crippen LogP contribution >= 0.6 is 11.6 Å². The molecule has 1 aliphatic rings. The van der Waals surface area contributed by atoms with E-state index >= 15 is 0 Å². The monoisotopic (exact) mass is 178 g/mol. The maximum Gasteiger partial charge on any atom is 0.0905 e. The van der Waals surface area contributed by atoms with Crippen LogP contribution in [0, 0.1) is 11.3 Å². The lowest BCUT2D eigenvalue weighted by atomic mass is 10.0. The van der Waals surface area contributed by atoms with Gasteiger partial charge in [-0.15, -0.1) is 0 Å². The summed E-state index contributed by atoms with van der Waals surface area (Å²) in [6.07, 6.45) is 0. The fourth-order valence-corrected chi connectivity index (χ4v) is 1.70. The summed E-state index contributed by atoms with van der Waals surface area (Å²) in [5.74, 6) is -0.0429. The van der Waals surface area contributed by atoms with E-state index in [-0.39, 0.29) is 5.92 Å². The summed E-state index contributed by atoms with van der Waals surface area (Å²) < 4.78 is 0. The molecule has 60 valence electrons. The highest BCUT2D eigenvalue weighted by Gasteiger charge is 2.22. The molecule has 0 saturated heterocycles. The first-order chi connectivity index (χ1) is 5.83. The van der Waals surface area contributed by atoms with E-state index in [1.807, 2.05) is 18.2 Å². The Morgan fingerprint density at radius 1 is 1.58 bits per heavy atom. The number of anilines is 1. The summed E-state index contributed by atoms with van der Waals surface area (Å²) in [7, 11) is 0. The van der Waals surface area contributed by atoms with Crippen molar-refractivity contribution in [2.24, 2.45) is 0 Å². The van der Waals surface area contributed by atoms with Gasteiger partial charge in [-0.25, -0.2) is 0 Å². The quantitative estimate of drug-likeness (QED) is 0.662. The number of halogens is 1. The number of nitriles is 1. The van der Waals surface area contributed by atoms with Crippen molar-refractivity contribution in [2.75, 3.05) is 11.9 Å². The first-order valence-corrected chi connectivity index (χ1v) is 4.12. The molecule has 1 aromatic carbocycles. The highest BCUT2D eigenvalue weighted by atomic mass is 35.5. The SMILES string of the molecule is N#CC1CNc2c(Cl)cccc21. The minimum atomic E-state index is -0.0429. The van der Waals surface area contributed by atoms with Crippen LogP contribution in [-0.4, -0.2) is 6.54 Å². The second kappa shape index (κ2) is 2.69. The molecular formula is C9H7ClN2. The third-order valence-electron chi connectivity index (χ3n) is 2.06. The van der Waals surface area contributed by atoms with Crippen molar-refractivity contribution in [1.82, 2.24) is 0 Å². The Morgan fingerprint density at radius 2 is 2.42 bits per heavy atom. The number of hydrogen-bond donors (Lipinski definition) is 1. The minimum Gasteiger partial charge on any atom is -0.382 e. The molecule has 2 nitrogen and oxygen atoms in total. The van der Waals surface area contributed by atoms with Gasteiger partial charge in [0, 0.05) is 6.54 Å². The Bertz CT molecular complexity index is 354. The molecule has 0 saturated carbocycles. The second-order valence-corrected chi connectivity index (χ2v) is 3.17. The van der Waals surface area contributed by atoms with Crippen molar-refractivity contribution >= 4 is 17.3 Å². The van der Waals surface area contributed by atoms with Crippen LogP contribution in [0.5, 0.6) is 0 Å². The van der Waals surface area contributed by atoms with E-state index in [4.69, 9.17) is 16.9 Å². The van der Waals surface area contributed by atoms with Crippen molar-refractivity contribution in [3.63, 3.8) is 0 Å². The zero-order valence-corrected chi connectivity index (χ0v) is 7.10. The summed E-state index contributed by atoms with van der Waals surface area (Å²) in [5.41, 5.74) is 1.94. The van der Waals surface area contributed by atoms with Crippen molar-refractivity contribution in [1.29, 1.82) is 5.26 Å². The number of nitrogens with one attached hydrogen (secondary N) is 1. The summed E-state index contributed by atoms with van der Waals surface area (Å²) in [6.45, 7) is 0.676. The molecule has 12 heavy (non-hydrogen) atoms. The maximum atomic E-state index is 8.77. The molecule has 0 spiro atoms. The lowest BCUT2D eigenvalue weighted by Crippen LogP contribution is -1.97. The van der Waals surface area contributed by atoms with Crippen molar-refractivity contribution < 1.29 is 0 Å². The Balaban J connectivity index is 2.55. The molecule has 2 rings (SSSR count). The van der Waals surface area contributed by atoms with E-state index in [1.165, 1.54) is 0 Å². The van der Waals surface area contributed by atoms with Gasteiger partial charge in [-0.3, -0.25) is 0 Å². The topological polar surface area (TPSA) is 35.8 Å². The first kappa shape index (κ1) is 7.45. The van der Waals surface area contributed by atoms with E-state index in [0.717, 1.165) is 11.3 Å². The van der Waals surface area contributed by atoms with Crippen LogP contribution in [0.2, 0.25) is 5.02 Å². The molecule has 1 heterocycles. The maximum absolute atomic E-state index is 8.77. The number of fused-ring (bicyclic) bond motifs is 1. The Hall–Kier alpha value is -1.20. The van der Waals surface area contributed by atoms with E-state index in [2.05, 4.69) is 11.4 Å². The average Bonchev–Trinajstić information content (AvgIpc) is 2.49. The summed E-state index contributed by atoms with van der Waals surface area (Å²) in [4.78, 5) is 0. The van der Waals surface area contributed by atoms with E-state index in [0.29, 0.717) is 11.6 Å². The van der Waals surface area contributed by atoms with Gasteiger partial charge in [-0.05, 0) is 11.6 Å². The molecule has 1 aliphatic heterocycles. The van der Waals surface area contributed by atoms with Gasteiger partial charge in [0.15, 0.2) is 0 Å². The van der Waals surface area contributed by atoms with Crippen molar-refractivity contribution in [2.45, 2.75) is 5.92 Å². The molecule has 1 atom stereocenters. The summed E-state index contributed by atoms with van der Waals surface area (Å²) in [6, 6.07) is 7.87. The van der Waals surface area contributed by atoms with E-state index in [1.54, 1.807) is 0 Å². The van der Waals surface area contributed by atoms with Gasteiger partial charge in [0.2, 0.25) is 0 Å². The number of nitrogens with zero attached hydrogens (tertiary/aromatic N) is 1.